The van der Waals surface area contributed by atoms with E-state index in [0.717, 1.165) is 23.7 Å². The Hall–Kier alpha value is -2.15. The van der Waals surface area contributed by atoms with E-state index in [9.17, 15) is 9.59 Å². The van der Waals surface area contributed by atoms with Gasteiger partial charge in [0.1, 0.15) is 0 Å². The fourth-order valence-corrected chi connectivity index (χ4v) is 3.25. The molecule has 132 valence electrons. The molecule has 0 unspecified atom stereocenters. The van der Waals surface area contributed by atoms with E-state index in [4.69, 9.17) is 4.42 Å². The summed E-state index contributed by atoms with van der Waals surface area (Å²) in [5.74, 6) is 0.237. The number of rotatable bonds is 4. The third-order valence-electron chi connectivity index (χ3n) is 4.10. The Morgan fingerprint density at radius 3 is 2.56 bits per heavy atom. The third-order valence-corrected chi connectivity index (χ3v) is 4.90. The van der Waals surface area contributed by atoms with Crippen molar-refractivity contribution < 1.29 is 14.0 Å². The average molecular weight is 359 g/mol. The number of carbonyl (C=O) groups excluding carboxylic acids is 2. The van der Waals surface area contributed by atoms with Crippen molar-refractivity contribution in [2.75, 3.05) is 12.3 Å². The van der Waals surface area contributed by atoms with Gasteiger partial charge in [0.2, 0.25) is 17.7 Å². The van der Waals surface area contributed by atoms with Crippen molar-refractivity contribution in [2.45, 2.75) is 44.3 Å². The number of imide groups is 1. The predicted molar refractivity (Wildman–Crippen MR) is 95.1 cm³/mol. The minimum Gasteiger partial charge on any atom is -0.411 e. The van der Waals surface area contributed by atoms with E-state index < -0.39 is 0 Å². The second-order valence-electron chi connectivity index (χ2n) is 7.03. The van der Waals surface area contributed by atoms with Crippen LogP contribution in [-0.2, 0) is 15.0 Å². The maximum atomic E-state index is 12.0. The summed E-state index contributed by atoms with van der Waals surface area (Å²) in [5, 5.41) is 8.34. The van der Waals surface area contributed by atoms with Crippen molar-refractivity contribution in [3.63, 3.8) is 0 Å². The van der Waals surface area contributed by atoms with Gasteiger partial charge in [-0.2, -0.15) is 0 Å². The van der Waals surface area contributed by atoms with Crippen molar-refractivity contribution in [2.24, 2.45) is 0 Å². The largest absolute Gasteiger partial charge is 0.411 e. The van der Waals surface area contributed by atoms with Gasteiger partial charge in [-0.3, -0.25) is 14.5 Å². The van der Waals surface area contributed by atoms with Gasteiger partial charge in [0.25, 0.3) is 5.22 Å². The second kappa shape index (κ2) is 7.00. The SMILES string of the molecule is CC(C)(C)c1ccc(-c2nnc(SCC(=O)N3CCCC3=O)o2)cc1. The number of nitrogens with zero attached hydrogens (tertiary/aromatic N) is 3. The summed E-state index contributed by atoms with van der Waals surface area (Å²) in [7, 11) is 0. The lowest BCUT2D eigenvalue weighted by Gasteiger charge is -2.18. The van der Waals surface area contributed by atoms with Crippen LogP contribution in [-0.4, -0.2) is 39.2 Å². The van der Waals surface area contributed by atoms with E-state index in [-0.39, 0.29) is 23.0 Å². The Balaban J connectivity index is 1.62. The van der Waals surface area contributed by atoms with E-state index in [1.54, 1.807) is 0 Å². The fraction of sp³-hybridized carbons (Fsp3) is 0.444. The van der Waals surface area contributed by atoms with Gasteiger partial charge in [-0.25, -0.2) is 0 Å². The molecule has 1 saturated heterocycles. The molecule has 3 rings (SSSR count). The van der Waals surface area contributed by atoms with Crippen LogP contribution in [0.15, 0.2) is 33.9 Å². The molecule has 0 aliphatic carbocycles. The van der Waals surface area contributed by atoms with Crippen LogP contribution < -0.4 is 0 Å². The highest BCUT2D eigenvalue weighted by atomic mass is 32.2. The van der Waals surface area contributed by atoms with Crippen molar-refractivity contribution in [1.82, 2.24) is 15.1 Å². The highest BCUT2D eigenvalue weighted by Crippen LogP contribution is 2.27. The molecule has 0 N–H and O–H groups in total. The Bertz CT molecular complexity index is 778. The first-order valence-corrected chi connectivity index (χ1v) is 9.23. The summed E-state index contributed by atoms with van der Waals surface area (Å²) in [5.41, 5.74) is 2.15. The van der Waals surface area contributed by atoms with Gasteiger partial charge in [-0.05, 0) is 29.5 Å². The first-order chi connectivity index (χ1) is 11.8. The number of likely N-dealkylation sites (tertiary alicyclic amines) is 1. The quantitative estimate of drug-likeness (QED) is 0.780. The molecule has 1 aromatic carbocycles. The molecule has 1 aromatic heterocycles. The highest BCUT2D eigenvalue weighted by molar-refractivity contribution is 7.99. The van der Waals surface area contributed by atoms with Gasteiger partial charge >= 0.3 is 0 Å². The molecule has 2 amide bonds. The lowest BCUT2D eigenvalue weighted by atomic mass is 9.87. The van der Waals surface area contributed by atoms with Crippen LogP contribution in [0.4, 0.5) is 0 Å². The molecule has 2 heterocycles. The van der Waals surface area contributed by atoms with E-state index in [0.29, 0.717) is 24.1 Å². The standard InChI is InChI=1S/C18H21N3O3S/c1-18(2,3)13-8-6-12(7-9-13)16-19-20-17(24-16)25-11-15(23)21-10-4-5-14(21)22/h6-9H,4-5,10-11H2,1-3H3. The van der Waals surface area contributed by atoms with Gasteiger partial charge in [0, 0.05) is 18.5 Å². The fourth-order valence-electron chi connectivity index (χ4n) is 2.61. The molecule has 6 nitrogen and oxygen atoms in total. The lowest BCUT2D eigenvalue weighted by Crippen LogP contribution is -2.33. The van der Waals surface area contributed by atoms with Crippen molar-refractivity contribution in [3.05, 3.63) is 29.8 Å². The zero-order valence-corrected chi connectivity index (χ0v) is 15.4. The summed E-state index contributed by atoms with van der Waals surface area (Å²) in [6.45, 7) is 6.98. The summed E-state index contributed by atoms with van der Waals surface area (Å²) < 4.78 is 5.62. The Labute approximate surface area is 151 Å². The normalized spacial score (nSPS) is 15.0. The lowest BCUT2D eigenvalue weighted by molar-refractivity contribution is -0.140. The van der Waals surface area contributed by atoms with Crippen LogP contribution in [0.1, 0.15) is 39.2 Å². The zero-order valence-electron chi connectivity index (χ0n) is 14.6. The van der Waals surface area contributed by atoms with Gasteiger partial charge in [0.05, 0.1) is 5.75 Å². The van der Waals surface area contributed by atoms with Gasteiger partial charge in [-0.1, -0.05) is 44.7 Å². The Kier molecular flexibility index (Phi) is 4.94. The highest BCUT2D eigenvalue weighted by Gasteiger charge is 2.26. The van der Waals surface area contributed by atoms with Crippen molar-refractivity contribution >= 4 is 23.6 Å². The summed E-state index contributed by atoms with van der Waals surface area (Å²) >= 11 is 1.16. The average Bonchev–Trinajstić information content (AvgIpc) is 3.21. The summed E-state index contributed by atoms with van der Waals surface area (Å²) in [6, 6.07) is 8.01. The van der Waals surface area contributed by atoms with E-state index >= 15 is 0 Å². The number of thioether (sulfide) groups is 1. The summed E-state index contributed by atoms with van der Waals surface area (Å²) in [6.07, 6.45) is 1.19. The molecule has 0 bridgehead atoms. The summed E-state index contributed by atoms with van der Waals surface area (Å²) in [4.78, 5) is 24.9. The smallest absolute Gasteiger partial charge is 0.277 e. The maximum absolute atomic E-state index is 12.0. The van der Waals surface area contributed by atoms with Gasteiger partial charge in [-0.15, -0.1) is 10.2 Å². The molecule has 0 spiro atoms. The third kappa shape index (κ3) is 4.10. The predicted octanol–water partition coefficient (Wildman–Crippen LogP) is 3.28. The van der Waals surface area contributed by atoms with Crippen molar-refractivity contribution in [1.29, 1.82) is 0 Å². The molecule has 7 heteroatoms. The van der Waals surface area contributed by atoms with Crippen LogP contribution in [0, 0.1) is 0 Å². The topological polar surface area (TPSA) is 76.3 Å². The van der Waals surface area contributed by atoms with Crippen molar-refractivity contribution in [3.8, 4) is 11.5 Å². The number of benzene rings is 1. The molecular formula is C18H21N3O3S. The number of amides is 2. The zero-order chi connectivity index (χ0) is 18.0. The molecule has 0 atom stereocenters. The second-order valence-corrected chi connectivity index (χ2v) is 7.96. The maximum Gasteiger partial charge on any atom is 0.277 e. The number of carbonyl (C=O) groups is 2. The molecule has 1 aliphatic heterocycles. The molecule has 1 aliphatic rings. The van der Waals surface area contributed by atoms with Crippen LogP contribution in [0.3, 0.4) is 0 Å². The molecule has 2 aromatic rings. The Morgan fingerprint density at radius 1 is 1.24 bits per heavy atom. The number of hydrogen-bond acceptors (Lipinski definition) is 6. The molecule has 0 radical (unpaired) electrons. The van der Waals surface area contributed by atoms with Crippen LogP contribution >= 0.6 is 11.8 Å². The number of hydrogen-bond donors (Lipinski definition) is 0. The van der Waals surface area contributed by atoms with Crippen LogP contribution in [0.2, 0.25) is 0 Å². The van der Waals surface area contributed by atoms with Crippen LogP contribution in [0.5, 0.6) is 0 Å². The minimum atomic E-state index is -0.207. The van der Waals surface area contributed by atoms with Crippen LogP contribution in [0.25, 0.3) is 11.5 Å². The first-order valence-electron chi connectivity index (χ1n) is 8.25. The first kappa shape index (κ1) is 17.7. The molecule has 0 saturated carbocycles. The Morgan fingerprint density at radius 2 is 1.96 bits per heavy atom. The van der Waals surface area contributed by atoms with E-state index in [1.165, 1.54) is 10.5 Å². The minimum absolute atomic E-state index is 0.0851. The van der Waals surface area contributed by atoms with Gasteiger partial charge in [0.15, 0.2) is 0 Å². The van der Waals surface area contributed by atoms with Gasteiger partial charge < -0.3 is 4.42 Å². The van der Waals surface area contributed by atoms with E-state index in [1.807, 2.05) is 12.1 Å². The molecule has 25 heavy (non-hydrogen) atoms. The molecule has 1 fully saturated rings. The molecular weight excluding hydrogens is 338 g/mol. The van der Waals surface area contributed by atoms with E-state index in [2.05, 4.69) is 43.1 Å². The monoisotopic (exact) mass is 359 g/mol. The number of aromatic nitrogens is 2.